The Morgan fingerprint density at radius 2 is 2.04 bits per heavy atom. The van der Waals surface area contributed by atoms with E-state index in [0.717, 1.165) is 12.8 Å². The molecule has 2 fully saturated rings. The van der Waals surface area contributed by atoms with Crippen molar-refractivity contribution in [3.63, 3.8) is 0 Å². The van der Waals surface area contributed by atoms with Crippen LogP contribution in [0.5, 0.6) is 5.75 Å². The third-order valence-corrected chi connectivity index (χ3v) is 5.06. The summed E-state index contributed by atoms with van der Waals surface area (Å²) in [6, 6.07) is 4.89. The van der Waals surface area contributed by atoms with Crippen LogP contribution in [0.1, 0.15) is 23.2 Å². The molecular weight excluding hydrogens is 312 g/mol. The van der Waals surface area contributed by atoms with Gasteiger partial charge in [-0.25, -0.2) is 0 Å². The van der Waals surface area contributed by atoms with Crippen LogP contribution < -0.4 is 10.1 Å². The van der Waals surface area contributed by atoms with Crippen molar-refractivity contribution < 1.29 is 24.2 Å². The molecule has 1 aromatic carbocycles. The number of ether oxygens (including phenoxy) is 1. The number of amides is 2. The molecule has 1 saturated carbocycles. The van der Waals surface area contributed by atoms with E-state index in [-0.39, 0.29) is 30.9 Å². The molecule has 4 rings (SSSR count). The first kappa shape index (κ1) is 15.0. The van der Waals surface area contributed by atoms with Crippen LogP contribution in [0.3, 0.4) is 0 Å². The van der Waals surface area contributed by atoms with Crippen LogP contribution in [0.15, 0.2) is 18.2 Å². The molecule has 7 nitrogen and oxygen atoms in total. The minimum absolute atomic E-state index is 0.0552. The number of fused-ring (bicyclic) bond motifs is 1. The van der Waals surface area contributed by atoms with E-state index in [4.69, 9.17) is 4.74 Å². The van der Waals surface area contributed by atoms with Crippen LogP contribution in [-0.4, -0.2) is 47.5 Å². The third kappa shape index (κ3) is 2.60. The SMILES string of the molecule is O=C1COc2cc(C(=O)N3C[C@@H](C(=O)O)[C@H](C4CC4)C3)ccc2N1. The van der Waals surface area contributed by atoms with Gasteiger partial charge in [-0.1, -0.05) is 0 Å². The van der Waals surface area contributed by atoms with Gasteiger partial charge in [0, 0.05) is 18.7 Å². The first-order valence-electron chi connectivity index (χ1n) is 8.11. The maximum atomic E-state index is 12.7. The Hall–Kier alpha value is -2.57. The molecule has 2 atom stereocenters. The molecule has 2 amide bonds. The Labute approximate surface area is 138 Å². The van der Waals surface area contributed by atoms with Crippen molar-refractivity contribution in [1.29, 1.82) is 0 Å². The van der Waals surface area contributed by atoms with E-state index in [1.54, 1.807) is 23.1 Å². The topological polar surface area (TPSA) is 95.9 Å². The number of benzene rings is 1. The van der Waals surface area contributed by atoms with Crippen LogP contribution >= 0.6 is 0 Å². The van der Waals surface area contributed by atoms with Crippen molar-refractivity contribution >= 4 is 23.5 Å². The maximum Gasteiger partial charge on any atom is 0.308 e. The molecular formula is C17H18N2O5. The summed E-state index contributed by atoms with van der Waals surface area (Å²) in [4.78, 5) is 37.1. The van der Waals surface area contributed by atoms with Crippen molar-refractivity contribution in [1.82, 2.24) is 4.90 Å². The lowest BCUT2D eigenvalue weighted by atomic mass is 9.92. The molecule has 2 heterocycles. The van der Waals surface area contributed by atoms with Gasteiger partial charge in [0.25, 0.3) is 11.8 Å². The van der Waals surface area contributed by atoms with Crippen molar-refractivity contribution in [2.45, 2.75) is 12.8 Å². The summed E-state index contributed by atoms with van der Waals surface area (Å²) in [5.41, 5.74) is 0.994. The molecule has 0 aromatic heterocycles. The monoisotopic (exact) mass is 330 g/mol. The molecule has 126 valence electrons. The molecule has 0 radical (unpaired) electrons. The minimum Gasteiger partial charge on any atom is -0.482 e. The standard InChI is InChI=1S/C17H18N2O5/c20-15-8-24-14-5-10(3-4-13(14)18-15)16(21)19-6-11(9-1-2-9)12(7-19)17(22)23/h3-5,9,11-12H,1-2,6-8H2,(H,18,20)(H,22,23)/t11-,12+/m0/s1. The number of nitrogens with one attached hydrogen (secondary N) is 1. The van der Waals surface area contributed by atoms with Crippen LogP contribution in [0.25, 0.3) is 0 Å². The molecule has 0 spiro atoms. The van der Waals surface area contributed by atoms with E-state index in [0.29, 0.717) is 29.5 Å². The van der Waals surface area contributed by atoms with E-state index in [9.17, 15) is 19.5 Å². The van der Waals surface area contributed by atoms with Gasteiger partial charge in [0.2, 0.25) is 0 Å². The fraction of sp³-hybridized carbons (Fsp3) is 0.471. The molecule has 1 aromatic rings. The summed E-state index contributed by atoms with van der Waals surface area (Å²) in [6.07, 6.45) is 2.12. The Morgan fingerprint density at radius 1 is 1.25 bits per heavy atom. The number of likely N-dealkylation sites (tertiary alicyclic amines) is 1. The minimum atomic E-state index is -0.821. The Kier molecular flexibility index (Phi) is 3.44. The number of hydrogen-bond donors (Lipinski definition) is 2. The molecule has 3 aliphatic rings. The van der Waals surface area contributed by atoms with Gasteiger partial charge in [0.1, 0.15) is 5.75 Å². The van der Waals surface area contributed by atoms with Gasteiger partial charge in [-0.3, -0.25) is 14.4 Å². The number of nitrogens with zero attached hydrogens (tertiary/aromatic N) is 1. The lowest BCUT2D eigenvalue weighted by molar-refractivity contribution is -0.142. The zero-order chi connectivity index (χ0) is 16.8. The van der Waals surface area contributed by atoms with E-state index in [1.165, 1.54) is 0 Å². The van der Waals surface area contributed by atoms with E-state index in [2.05, 4.69) is 5.32 Å². The number of carbonyl (C=O) groups excluding carboxylic acids is 2. The molecule has 7 heteroatoms. The second-order valence-electron chi connectivity index (χ2n) is 6.70. The number of anilines is 1. The number of carbonyl (C=O) groups is 3. The average molecular weight is 330 g/mol. The molecule has 0 unspecified atom stereocenters. The number of hydrogen-bond acceptors (Lipinski definition) is 4. The third-order valence-electron chi connectivity index (χ3n) is 5.06. The molecule has 1 saturated heterocycles. The lowest BCUT2D eigenvalue weighted by Gasteiger charge is -2.20. The maximum absolute atomic E-state index is 12.7. The van der Waals surface area contributed by atoms with Gasteiger partial charge in [0.15, 0.2) is 6.61 Å². The highest BCUT2D eigenvalue weighted by Crippen LogP contribution is 2.44. The number of carboxylic acid groups (broad SMARTS) is 1. The van der Waals surface area contributed by atoms with Gasteiger partial charge in [-0.15, -0.1) is 0 Å². The predicted octanol–water partition coefficient (Wildman–Crippen LogP) is 1.20. The Balaban J connectivity index is 1.53. The number of rotatable bonds is 3. The zero-order valence-corrected chi connectivity index (χ0v) is 13.0. The van der Waals surface area contributed by atoms with Crippen molar-refractivity contribution in [3.05, 3.63) is 23.8 Å². The van der Waals surface area contributed by atoms with Gasteiger partial charge >= 0.3 is 5.97 Å². The van der Waals surface area contributed by atoms with Gasteiger partial charge < -0.3 is 20.1 Å². The highest BCUT2D eigenvalue weighted by Gasteiger charge is 2.47. The predicted molar refractivity (Wildman–Crippen MR) is 83.8 cm³/mol. The van der Waals surface area contributed by atoms with Crippen molar-refractivity contribution in [2.24, 2.45) is 17.8 Å². The smallest absolute Gasteiger partial charge is 0.308 e. The fourth-order valence-corrected chi connectivity index (χ4v) is 3.65. The normalized spacial score (nSPS) is 25.7. The van der Waals surface area contributed by atoms with Crippen molar-refractivity contribution in [2.75, 3.05) is 25.0 Å². The highest BCUT2D eigenvalue weighted by atomic mass is 16.5. The summed E-state index contributed by atoms with van der Waals surface area (Å²) < 4.78 is 5.34. The molecule has 2 N–H and O–H groups in total. The Bertz CT molecular complexity index is 728. The second-order valence-corrected chi connectivity index (χ2v) is 6.70. The largest absolute Gasteiger partial charge is 0.482 e. The quantitative estimate of drug-likeness (QED) is 0.868. The second kappa shape index (κ2) is 5.51. The lowest BCUT2D eigenvalue weighted by Crippen LogP contribution is -2.30. The zero-order valence-electron chi connectivity index (χ0n) is 13.0. The molecule has 1 aliphatic carbocycles. The summed E-state index contributed by atoms with van der Waals surface area (Å²) in [7, 11) is 0. The van der Waals surface area contributed by atoms with Crippen LogP contribution in [0.2, 0.25) is 0 Å². The summed E-state index contributed by atoms with van der Waals surface area (Å²) in [5.74, 6) is -0.752. The fourth-order valence-electron chi connectivity index (χ4n) is 3.65. The van der Waals surface area contributed by atoms with Crippen molar-refractivity contribution in [3.8, 4) is 5.75 Å². The Morgan fingerprint density at radius 3 is 2.75 bits per heavy atom. The van der Waals surface area contributed by atoms with Crippen LogP contribution in [0, 0.1) is 17.8 Å². The molecule has 0 bridgehead atoms. The van der Waals surface area contributed by atoms with Gasteiger partial charge in [-0.2, -0.15) is 0 Å². The highest BCUT2D eigenvalue weighted by molar-refractivity contribution is 5.99. The van der Waals surface area contributed by atoms with Gasteiger partial charge in [0.05, 0.1) is 11.6 Å². The first-order chi connectivity index (χ1) is 11.5. The first-order valence-corrected chi connectivity index (χ1v) is 8.11. The van der Waals surface area contributed by atoms with E-state index in [1.807, 2.05) is 0 Å². The average Bonchev–Trinajstić information content (AvgIpc) is 3.31. The van der Waals surface area contributed by atoms with Gasteiger partial charge in [-0.05, 0) is 42.9 Å². The summed E-state index contributed by atoms with van der Waals surface area (Å²) >= 11 is 0. The molecule has 2 aliphatic heterocycles. The molecule has 24 heavy (non-hydrogen) atoms. The van der Waals surface area contributed by atoms with Crippen LogP contribution in [-0.2, 0) is 9.59 Å². The van der Waals surface area contributed by atoms with E-state index >= 15 is 0 Å². The number of aliphatic carboxylic acids is 1. The summed E-state index contributed by atoms with van der Waals surface area (Å²) in [6.45, 7) is 0.679. The van der Waals surface area contributed by atoms with E-state index < -0.39 is 11.9 Å². The summed E-state index contributed by atoms with van der Waals surface area (Å²) in [5, 5.41) is 12.1. The number of carboxylic acids is 1. The van der Waals surface area contributed by atoms with Crippen LogP contribution in [0.4, 0.5) is 5.69 Å².